The molecule has 4 nitrogen and oxygen atoms in total. The molecule has 0 saturated carbocycles. The van der Waals surface area contributed by atoms with Crippen molar-refractivity contribution in [3.05, 3.63) is 88.3 Å². The highest BCUT2D eigenvalue weighted by Gasteiger charge is 2.21. The molecule has 0 aliphatic rings. The SMILES string of the molecule is C[C@H](C(=O)c1ccccc1)n1cnc2scc(-c3ccccc3)c2c1=O. The van der Waals surface area contributed by atoms with Crippen LogP contribution in [-0.4, -0.2) is 15.3 Å². The standard InChI is InChI=1S/C21H16N2O2S/c1-14(19(24)16-10-6-3-7-11-16)23-13-22-20-18(21(23)25)17(12-26-20)15-8-4-2-5-9-15/h2-14H,1H3/t14-/m1/s1. The van der Waals surface area contributed by atoms with Gasteiger partial charge >= 0.3 is 0 Å². The summed E-state index contributed by atoms with van der Waals surface area (Å²) in [5.41, 5.74) is 2.22. The Bertz CT molecular complexity index is 1130. The third-order valence-corrected chi connectivity index (χ3v) is 5.35. The van der Waals surface area contributed by atoms with E-state index >= 15 is 0 Å². The van der Waals surface area contributed by atoms with Crippen LogP contribution in [0.15, 0.2) is 77.2 Å². The van der Waals surface area contributed by atoms with E-state index in [2.05, 4.69) is 4.98 Å². The highest BCUT2D eigenvalue weighted by molar-refractivity contribution is 7.17. The van der Waals surface area contributed by atoms with Crippen LogP contribution in [0.5, 0.6) is 0 Å². The summed E-state index contributed by atoms with van der Waals surface area (Å²) in [5.74, 6) is -0.106. The first-order valence-corrected chi connectivity index (χ1v) is 9.18. The van der Waals surface area contributed by atoms with Crippen molar-refractivity contribution in [3.8, 4) is 11.1 Å². The third kappa shape index (κ3) is 2.76. The van der Waals surface area contributed by atoms with Gasteiger partial charge in [-0.2, -0.15) is 0 Å². The maximum Gasteiger partial charge on any atom is 0.263 e. The van der Waals surface area contributed by atoms with Gasteiger partial charge in [0.15, 0.2) is 5.78 Å². The zero-order valence-corrected chi connectivity index (χ0v) is 14.9. The number of carbonyl (C=O) groups excluding carboxylic acids is 1. The first kappa shape index (κ1) is 16.4. The smallest absolute Gasteiger partial charge is 0.263 e. The third-order valence-electron chi connectivity index (χ3n) is 4.46. The average molecular weight is 360 g/mol. The molecule has 0 N–H and O–H groups in total. The van der Waals surface area contributed by atoms with Crippen molar-refractivity contribution in [1.29, 1.82) is 0 Å². The molecule has 0 amide bonds. The summed E-state index contributed by atoms with van der Waals surface area (Å²) in [7, 11) is 0. The van der Waals surface area contributed by atoms with E-state index in [1.54, 1.807) is 19.1 Å². The van der Waals surface area contributed by atoms with Crippen LogP contribution in [0.2, 0.25) is 0 Å². The maximum absolute atomic E-state index is 13.1. The van der Waals surface area contributed by atoms with E-state index < -0.39 is 6.04 Å². The van der Waals surface area contributed by atoms with E-state index in [1.165, 1.54) is 22.2 Å². The van der Waals surface area contributed by atoms with E-state index in [0.29, 0.717) is 15.8 Å². The summed E-state index contributed by atoms with van der Waals surface area (Å²) in [6.45, 7) is 1.73. The molecule has 5 heteroatoms. The minimum atomic E-state index is -0.620. The fraction of sp³-hybridized carbons (Fsp3) is 0.0952. The number of thiophene rings is 1. The summed E-state index contributed by atoms with van der Waals surface area (Å²) < 4.78 is 1.43. The highest BCUT2D eigenvalue weighted by atomic mass is 32.1. The number of nitrogens with zero attached hydrogens (tertiary/aromatic N) is 2. The molecule has 4 aromatic rings. The predicted octanol–water partition coefficient (Wildman–Crippen LogP) is 4.57. The molecule has 0 aliphatic heterocycles. The maximum atomic E-state index is 13.1. The Hall–Kier alpha value is -3.05. The predicted molar refractivity (Wildman–Crippen MR) is 105 cm³/mol. The van der Waals surface area contributed by atoms with Crippen molar-refractivity contribution in [2.45, 2.75) is 13.0 Å². The zero-order valence-electron chi connectivity index (χ0n) is 14.1. The molecule has 0 saturated heterocycles. The Labute approximate surface area is 154 Å². The number of aromatic nitrogens is 2. The minimum Gasteiger partial charge on any atom is -0.292 e. The summed E-state index contributed by atoms with van der Waals surface area (Å²) in [6.07, 6.45) is 1.47. The molecule has 2 aromatic carbocycles. The molecule has 0 fully saturated rings. The Kier molecular flexibility index (Phi) is 4.22. The largest absolute Gasteiger partial charge is 0.292 e. The van der Waals surface area contributed by atoms with Crippen LogP contribution in [0.1, 0.15) is 23.3 Å². The zero-order chi connectivity index (χ0) is 18.1. The van der Waals surface area contributed by atoms with Gasteiger partial charge in [0, 0.05) is 16.5 Å². The van der Waals surface area contributed by atoms with Gasteiger partial charge in [-0.25, -0.2) is 4.98 Å². The van der Waals surface area contributed by atoms with Gasteiger partial charge in [0.05, 0.1) is 17.8 Å². The van der Waals surface area contributed by atoms with Gasteiger partial charge in [0.1, 0.15) is 4.83 Å². The lowest BCUT2D eigenvalue weighted by Gasteiger charge is -2.14. The van der Waals surface area contributed by atoms with Crippen LogP contribution in [0.4, 0.5) is 0 Å². The number of benzene rings is 2. The van der Waals surface area contributed by atoms with E-state index in [4.69, 9.17) is 0 Å². The molecule has 4 rings (SSSR count). The highest BCUT2D eigenvalue weighted by Crippen LogP contribution is 2.30. The first-order valence-electron chi connectivity index (χ1n) is 8.30. The quantitative estimate of drug-likeness (QED) is 0.501. The van der Waals surface area contributed by atoms with Gasteiger partial charge < -0.3 is 0 Å². The first-order chi connectivity index (χ1) is 12.7. The van der Waals surface area contributed by atoms with E-state index in [9.17, 15) is 9.59 Å². The molecular formula is C21H16N2O2S. The fourth-order valence-corrected chi connectivity index (χ4v) is 3.93. The summed E-state index contributed by atoms with van der Waals surface area (Å²) in [4.78, 5) is 31.0. The molecule has 0 bridgehead atoms. The molecule has 0 spiro atoms. The van der Waals surface area contributed by atoms with Crippen LogP contribution in [0.25, 0.3) is 21.3 Å². The van der Waals surface area contributed by atoms with Gasteiger partial charge in [-0.1, -0.05) is 60.7 Å². The minimum absolute atomic E-state index is 0.106. The Morgan fingerprint density at radius 2 is 1.69 bits per heavy atom. The summed E-state index contributed by atoms with van der Waals surface area (Å²) in [5, 5.41) is 2.51. The molecular weight excluding hydrogens is 344 g/mol. The molecule has 0 aliphatic carbocycles. The van der Waals surface area contributed by atoms with Gasteiger partial charge in [0.25, 0.3) is 5.56 Å². The normalized spacial score (nSPS) is 12.2. The topological polar surface area (TPSA) is 52.0 Å². The lowest BCUT2D eigenvalue weighted by atomic mass is 10.0. The van der Waals surface area contributed by atoms with E-state index in [-0.39, 0.29) is 11.3 Å². The van der Waals surface area contributed by atoms with Crippen molar-refractivity contribution in [3.63, 3.8) is 0 Å². The van der Waals surface area contributed by atoms with Gasteiger partial charge in [-0.15, -0.1) is 11.3 Å². The molecule has 2 aromatic heterocycles. The Balaban J connectivity index is 1.83. The Morgan fingerprint density at radius 3 is 2.38 bits per heavy atom. The molecule has 0 radical (unpaired) electrons. The van der Waals surface area contributed by atoms with Crippen molar-refractivity contribution in [2.75, 3.05) is 0 Å². The lowest BCUT2D eigenvalue weighted by molar-refractivity contribution is 0.0932. The molecule has 2 heterocycles. The molecule has 1 atom stereocenters. The molecule has 128 valence electrons. The number of carbonyl (C=O) groups is 1. The van der Waals surface area contributed by atoms with Crippen molar-refractivity contribution < 1.29 is 4.79 Å². The van der Waals surface area contributed by atoms with Gasteiger partial charge in [-0.3, -0.25) is 14.2 Å². The number of ketones is 1. The van der Waals surface area contributed by atoms with E-state index in [0.717, 1.165) is 11.1 Å². The monoisotopic (exact) mass is 360 g/mol. The summed E-state index contributed by atoms with van der Waals surface area (Å²) in [6, 6.07) is 18.1. The average Bonchev–Trinajstić information content (AvgIpc) is 3.14. The van der Waals surface area contributed by atoms with Crippen LogP contribution in [-0.2, 0) is 0 Å². The van der Waals surface area contributed by atoms with Crippen LogP contribution >= 0.6 is 11.3 Å². The number of fused-ring (bicyclic) bond motifs is 1. The molecule has 0 unspecified atom stereocenters. The Morgan fingerprint density at radius 1 is 1.04 bits per heavy atom. The lowest BCUT2D eigenvalue weighted by Crippen LogP contribution is -2.28. The second-order valence-corrected chi connectivity index (χ2v) is 6.92. The van der Waals surface area contributed by atoms with Gasteiger partial charge in [0.2, 0.25) is 0 Å². The van der Waals surface area contributed by atoms with Gasteiger partial charge in [-0.05, 0) is 12.5 Å². The molecule has 26 heavy (non-hydrogen) atoms. The van der Waals surface area contributed by atoms with Crippen molar-refractivity contribution >= 4 is 27.3 Å². The van der Waals surface area contributed by atoms with Crippen LogP contribution < -0.4 is 5.56 Å². The second kappa shape index (κ2) is 6.69. The number of Topliss-reactive ketones (excluding diaryl/α,β-unsaturated/α-hetero) is 1. The van der Waals surface area contributed by atoms with Crippen molar-refractivity contribution in [1.82, 2.24) is 9.55 Å². The number of rotatable bonds is 4. The van der Waals surface area contributed by atoms with E-state index in [1.807, 2.05) is 53.9 Å². The van der Waals surface area contributed by atoms with Crippen LogP contribution in [0.3, 0.4) is 0 Å². The number of hydrogen-bond donors (Lipinski definition) is 0. The number of hydrogen-bond acceptors (Lipinski definition) is 4. The summed E-state index contributed by atoms with van der Waals surface area (Å²) >= 11 is 1.44. The fourth-order valence-electron chi connectivity index (χ4n) is 3.02. The second-order valence-electron chi connectivity index (χ2n) is 6.06. The van der Waals surface area contributed by atoms with Crippen LogP contribution in [0, 0.1) is 0 Å². The van der Waals surface area contributed by atoms with Crippen molar-refractivity contribution in [2.24, 2.45) is 0 Å².